The van der Waals surface area contributed by atoms with E-state index in [2.05, 4.69) is 20.7 Å². The fraction of sp³-hybridized carbons (Fsp3) is 0.500. The third kappa shape index (κ3) is 3.62. The van der Waals surface area contributed by atoms with Gasteiger partial charge in [-0.2, -0.15) is 10.2 Å². The monoisotopic (exact) mass is 463 g/mol. The average Bonchev–Trinajstić information content (AvgIpc) is 3.47. The van der Waals surface area contributed by atoms with E-state index in [4.69, 9.17) is 14.8 Å². The molecule has 0 atom stereocenters. The van der Waals surface area contributed by atoms with E-state index in [9.17, 15) is 9.90 Å². The van der Waals surface area contributed by atoms with Crippen molar-refractivity contribution in [1.82, 2.24) is 29.4 Å². The van der Waals surface area contributed by atoms with Crippen molar-refractivity contribution in [3.05, 3.63) is 41.5 Å². The van der Waals surface area contributed by atoms with Crippen LogP contribution >= 0.6 is 0 Å². The topological polar surface area (TPSA) is 102 Å². The quantitative estimate of drug-likeness (QED) is 0.637. The summed E-state index contributed by atoms with van der Waals surface area (Å²) in [5.74, 6) is 0.879. The van der Waals surface area contributed by atoms with Gasteiger partial charge >= 0.3 is 6.09 Å². The van der Waals surface area contributed by atoms with Crippen LogP contribution in [0.1, 0.15) is 42.1 Å². The Morgan fingerprint density at radius 1 is 1.18 bits per heavy atom. The number of hydrogen-bond donors (Lipinski definition) is 1. The predicted molar refractivity (Wildman–Crippen MR) is 125 cm³/mol. The highest BCUT2D eigenvalue weighted by atomic mass is 16.5. The molecule has 6 heterocycles. The van der Waals surface area contributed by atoms with Gasteiger partial charge in [-0.1, -0.05) is 0 Å². The molecule has 0 unspecified atom stereocenters. The van der Waals surface area contributed by atoms with E-state index in [0.29, 0.717) is 25.6 Å². The van der Waals surface area contributed by atoms with Gasteiger partial charge in [0.2, 0.25) is 0 Å². The molecule has 1 saturated heterocycles. The Labute approximate surface area is 197 Å². The number of nitrogens with zero attached hydrogens (tertiary/aromatic N) is 7. The third-order valence-corrected chi connectivity index (χ3v) is 7.21. The molecule has 0 saturated carbocycles. The molecular weight excluding hydrogens is 434 g/mol. The van der Waals surface area contributed by atoms with Gasteiger partial charge < -0.3 is 19.6 Å². The van der Waals surface area contributed by atoms with Crippen molar-refractivity contribution in [2.75, 3.05) is 31.2 Å². The molecule has 1 fully saturated rings. The molecule has 1 N–H and O–H groups in total. The second kappa shape index (κ2) is 8.43. The molecule has 0 radical (unpaired) electrons. The summed E-state index contributed by atoms with van der Waals surface area (Å²) in [5.41, 5.74) is 6.42. The van der Waals surface area contributed by atoms with Crippen molar-refractivity contribution in [2.24, 2.45) is 7.05 Å². The lowest BCUT2D eigenvalue weighted by Gasteiger charge is -2.32. The number of pyridine rings is 1. The zero-order chi connectivity index (χ0) is 23.2. The van der Waals surface area contributed by atoms with Crippen LogP contribution in [0.5, 0.6) is 0 Å². The molecule has 178 valence electrons. The fourth-order valence-electron chi connectivity index (χ4n) is 5.45. The zero-order valence-electron chi connectivity index (χ0n) is 19.4. The van der Waals surface area contributed by atoms with Crippen molar-refractivity contribution in [3.8, 4) is 11.3 Å². The van der Waals surface area contributed by atoms with Crippen molar-refractivity contribution in [2.45, 2.75) is 44.7 Å². The summed E-state index contributed by atoms with van der Waals surface area (Å²) in [5, 5.41) is 19.1. The molecule has 34 heavy (non-hydrogen) atoms. The smallest absolute Gasteiger partial charge is 0.407 e. The van der Waals surface area contributed by atoms with E-state index in [1.807, 2.05) is 25.6 Å². The number of anilines is 2. The van der Waals surface area contributed by atoms with Gasteiger partial charge in [-0.3, -0.25) is 14.3 Å². The fourth-order valence-corrected chi connectivity index (χ4v) is 5.45. The van der Waals surface area contributed by atoms with E-state index in [1.165, 1.54) is 16.2 Å². The number of hydrogen-bond acceptors (Lipinski definition) is 6. The molecule has 3 aromatic heterocycles. The van der Waals surface area contributed by atoms with Crippen LogP contribution in [-0.2, 0) is 31.2 Å². The summed E-state index contributed by atoms with van der Waals surface area (Å²) < 4.78 is 9.54. The van der Waals surface area contributed by atoms with Crippen molar-refractivity contribution < 1.29 is 14.6 Å². The van der Waals surface area contributed by atoms with Gasteiger partial charge in [0.05, 0.1) is 36.4 Å². The van der Waals surface area contributed by atoms with Gasteiger partial charge in [0.15, 0.2) is 5.82 Å². The number of ether oxygens (including phenoxy) is 1. The lowest BCUT2D eigenvalue weighted by atomic mass is 10.00. The average molecular weight is 464 g/mol. The second-order valence-electron chi connectivity index (χ2n) is 9.35. The number of rotatable bonds is 3. The Morgan fingerprint density at radius 3 is 2.79 bits per heavy atom. The van der Waals surface area contributed by atoms with Crippen molar-refractivity contribution in [3.63, 3.8) is 0 Å². The van der Waals surface area contributed by atoms with Gasteiger partial charge in [0, 0.05) is 62.8 Å². The van der Waals surface area contributed by atoms with Crippen LogP contribution in [0.3, 0.4) is 0 Å². The van der Waals surface area contributed by atoms with Crippen LogP contribution in [-0.4, -0.2) is 66.9 Å². The van der Waals surface area contributed by atoms with E-state index in [-0.39, 0.29) is 0 Å². The van der Waals surface area contributed by atoms with Gasteiger partial charge in [-0.25, -0.2) is 4.79 Å². The van der Waals surface area contributed by atoms with E-state index in [0.717, 1.165) is 73.8 Å². The summed E-state index contributed by atoms with van der Waals surface area (Å²) in [6.07, 6.45) is 9.41. The largest absolute Gasteiger partial charge is 0.465 e. The van der Waals surface area contributed by atoms with Crippen molar-refractivity contribution in [1.29, 1.82) is 0 Å². The number of aryl methyl sites for hydroxylation is 2. The first-order chi connectivity index (χ1) is 16.6. The minimum absolute atomic E-state index is 0.294. The first-order valence-electron chi connectivity index (χ1n) is 12.0. The highest BCUT2D eigenvalue weighted by Crippen LogP contribution is 2.40. The van der Waals surface area contributed by atoms with Gasteiger partial charge in [-0.05, 0) is 37.3 Å². The van der Waals surface area contributed by atoms with Gasteiger partial charge in [0.25, 0.3) is 0 Å². The molecule has 1 amide bonds. The van der Waals surface area contributed by atoms with Crippen LogP contribution in [0.2, 0.25) is 0 Å². The Hall–Kier alpha value is -3.40. The van der Waals surface area contributed by atoms with Crippen LogP contribution in [0, 0.1) is 0 Å². The summed E-state index contributed by atoms with van der Waals surface area (Å²) in [4.78, 5) is 20.3. The van der Waals surface area contributed by atoms with Gasteiger partial charge in [-0.15, -0.1) is 0 Å². The molecule has 0 bridgehead atoms. The molecule has 0 aliphatic carbocycles. The SMILES string of the molecule is Cn1cc(-c2cc3c(cn2)N(c2nn(C4CCOCC4)c4c2CN(C(=O)O)CC4)CCC3)cn1. The highest BCUT2D eigenvalue weighted by Gasteiger charge is 2.34. The summed E-state index contributed by atoms with van der Waals surface area (Å²) >= 11 is 0. The van der Waals surface area contributed by atoms with Crippen LogP contribution < -0.4 is 4.90 Å². The minimum Gasteiger partial charge on any atom is -0.465 e. The van der Waals surface area contributed by atoms with E-state index >= 15 is 0 Å². The maximum atomic E-state index is 11.8. The summed E-state index contributed by atoms with van der Waals surface area (Å²) in [7, 11) is 1.90. The molecule has 10 nitrogen and oxygen atoms in total. The van der Waals surface area contributed by atoms with Crippen LogP contribution in [0.15, 0.2) is 24.7 Å². The van der Waals surface area contributed by atoms with Crippen LogP contribution in [0.25, 0.3) is 11.3 Å². The van der Waals surface area contributed by atoms with Crippen molar-refractivity contribution >= 4 is 17.6 Å². The normalized spacial score (nSPS) is 18.6. The zero-order valence-corrected chi connectivity index (χ0v) is 19.4. The molecule has 3 aromatic rings. The number of carbonyl (C=O) groups is 1. The number of aromatic nitrogens is 5. The predicted octanol–water partition coefficient (Wildman–Crippen LogP) is 3.15. The number of amides is 1. The maximum Gasteiger partial charge on any atom is 0.407 e. The Morgan fingerprint density at radius 2 is 2.03 bits per heavy atom. The first kappa shape index (κ1) is 21.2. The highest BCUT2D eigenvalue weighted by molar-refractivity contribution is 5.72. The Balaban J connectivity index is 1.41. The lowest BCUT2D eigenvalue weighted by Crippen LogP contribution is -2.36. The molecule has 3 aliphatic heterocycles. The first-order valence-corrected chi connectivity index (χ1v) is 12.0. The summed E-state index contributed by atoms with van der Waals surface area (Å²) in [6.45, 7) is 3.19. The molecule has 6 rings (SSSR count). The molecular formula is C24H29N7O3. The van der Waals surface area contributed by atoms with E-state index < -0.39 is 6.09 Å². The second-order valence-corrected chi connectivity index (χ2v) is 9.35. The lowest BCUT2D eigenvalue weighted by molar-refractivity contribution is 0.0650. The number of carboxylic acid groups (broad SMARTS) is 1. The Bertz CT molecular complexity index is 1230. The third-order valence-electron chi connectivity index (χ3n) is 7.21. The number of fused-ring (bicyclic) bond motifs is 2. The molecule has 0 spiro atoms. The maximum absolute atomic E-state index is 11.8. The molecule has 10 heteroatoms. The van der Waals surface area contributed by atoms with Crippen LogP contribution in [0.4, 0.5) is 16.3 Å². The van der Waals surface area contributed by atoms with Gasteiger partial charge in [0.1, 0.15) is 0 Å². The standard InChI is InChI=1S/C24H29N7O3/c1-28-14-17(12-26-28)20-11-16-3-2-7-30(22(16)13-25-20)23-19-15-29(24(32)33)8-4-21(19)31(27-23)18-5-9-34-10-6-18/h11-14,18H,2-10,15H2,1H3,(H,32,33). The molecule has 0 aromatic carbocycles. The minimum atomic E-state index is -0.878. The summed E-state index contributed by atoms with van der Waals surface area (Å²) in [6, 6.07) is 2.45. The Kier molecular flexibility index (Phi) is 5.24. The molecule has 3 aliphatic rings. The van der Waals surface area contributed by atoms with E-state index in [1.54, 1.807) is 4.68 Å².